The molecule has 0 amide bonds. The van der Waals surface area contributed by atoms with Crippen LogP contribution in [0.2, 0.25) is 5.02 Å². The second-order valence-electron chi connectivity index (χ2n) is 23.5. The van der Waals surface area contributed by atoms with Gasteiger partial charge in [0, 0.05) is 38.9 Å². The minimum absolute atomic E-state index is 0. The first-order valence-corrected chi connectivity index (χ1v) is 32.4. The fourth-order valence-electron chi connectivity index (χ4n) is 9.26. The molecule has 3 rings (SSSR count). The third kappa shape index (κ3) is 32.6. The number of hydrogen-bond donors (Lipinski definition) is 5. The van der Waals surface area contributed by atoms with Gasteiger partial charge in [-0.1, -0.05) is 220 Å². The number of aryl methyl sites for hydroxylation is 2. The van der Waals surface area contributed by atoms with Gasteiger partial charge < -0.3 is 40.4 Å². The summed E-state index contributed by atoms with van der Waals surface area (Å²) in [4.78, 5) is 80.9. The van der Waals surface area contributed by atoms with Gasteiger partial charge in [0.1, 0.15) is 5.75 Å². The predicted molar refractivity (Wildman–Crippen MR) is 367 cm³/mol. The maximum atomic E-state index is 14.1. The number of halogens is 4. The van der Waals surface area contributed by atoms with Crippen LogP contribution in [0.15, 0.2) is 66.7 Å². The van der Waals surface area contributed by atoms with E-state index in [1.165, 1.54) is 120 Å². The van der Waals surface area contributed by atoms with Gasteiger partial charge in [0.25, 0.3) is 0 Å². The maximum absolute atomic E-state index is 14.1. The van der Waals surface area contributed by atoms with Gasteiger partial charge in [-0.2, -0.15) is 0 Å². The molecule has 0 saturated carbocycles. The number of nitrogens with one attached hydrogen (secondary N) is 3. The van der Waals surface area contributed by atoms with Crippen molar-refractivity contribution in [1.29, 1.82) is 0 Å². The first kappa shape index (κ1) is 84.4. The number of benzene rings is 3. The van der Waals surface area contributed by atoms with Crippen molar-refractivity contribution in [3.63, 3.8) is 0 Å². The van der Waals surface area contributed by atoms with Crippen LogP contribution in [0.3, 0.4) is 0 Å². The molecule has 0 heterocycles. The summed E-state index contributed by atoms with van der Waals surface area (Å²) in [6, 6.07) is 22.1. The standard InChI is InChI=1S/C72H100ClN3O11.3ClH/c1-7-10-13-16-19-22-25-34-57-36-40-59(41-37-57)54-74-49-30-27-46-70(4,64(77)78)66(81)86-68(83)72(6,48-29-32-51-76-56-61-44-45-63(62(73)53-61)85-52-33-24-21-18-15-12-9-3)69(84)87-67(82)71(5,65(79)80)47-28-31-50-75-55-60-42-38-58(39-43-60)35-26-23-20-17-14-11-8-2;;;/h36-45,53,74-76H,7-26,33-35,46-52,54-56H2,1-6H3,(H,77,78)(H,79,80);3*1H. The summed E-state index contributed by atoms with van der Waals surface area (Å²) < 4.78 is 16.2. The SMILES string of the molecule is CCCCCCCCCOc1ccc(CNCC#CCC(C)(C(=O)OC(=O)C(C)(CC#CCNCc2ccc(CCCCCCCCC)cc2)C(=O)O)C(=O)OC(=O)C(C)(CC#CCNCc2ccc(CCCCCCCCC)cc2)C(=O)O)cc1Cl.Cl.Cl.Cl. The molecule has 0 fully saturated rings. The lowest BCUT2D eigenvalue weighted by atomic mass is 9.84. The molecule has 0 saturated heterocycles. The van der Waals surface area contributed by atoms with Crippen LogP contribution in [0.25, 0.3) is 0 Å². The zero-order valence-corrected chi connectivity index (χ0v) is 57.6. The van der Waals surface area contributed by atoms with Crippen molar-refractivity contribution in [1.82, 2.24) is 16.0 Å². The fourth-order valence-corrected chi connectivity index (χ4v) is 9.52. The van der Waals surface area contributed by atoms with Gasteiger partial charge >= 0.3 is 35.8 Å². The number of aliphatic carboxylic acids is 2. The Morgan fingerprint density at radius 3 is 1.07 bits per heavy atom. The van der Waals surface area contributed by atoms with Crippen LogP contribution < -0.4 is 20.7 Å². The molecule has 3 aromatic carbocycles. The number of hydrogen-bond acceptors (Lipinski definition) is 12. The van der Waals surface area contributed by atoms with Crippen LogP contribution in [-0.2, 0) is 70.7 Å². The van der Waals surface area contributed by atoms with Gasteiger partial charge in [-0.3, -0.25) is 28.8 Å². The number of unbranched alkanes of at least 4 members (excludes halogenated alkanes) is 18. The van der Waals surface area contributed by atoms with Crippen molar-refractivity contribution >= 4 is 84.6 Å². The number of carboxylic acid groups (broad SMARTS) is 2. The lowest BCUT2D eigenvalue weighted by molar-refractivity contribution is -0.184. The number of esters is 4. The van der Waals surface area contributed by atoms with E-state index in [4.69, 9.17) is 25.8 Å². The van der Waals surface area contributed by atoms with Crippen LogP contribution in [0.4, 0.5) is 0 Å². The molecule has 0 aliphatic heterocycles. The fraction of sp³-hybridized carbons (Fsp3) is 0.583. The predicted octanol–water partition coefficient (Wildman–Crippen LogP) is 15.5. The van der Waals surface area contributed by atoms with E-state index in [-0.39, 0.29) is 56.9 Å². The molecule has 18 heteroatoms. The number of carboxylic acids is 2. The molecular weight excluding hydrogens is 1220 g/mol. The average molecular weight is 1330 g/mol. The summed E-state index contributed by atoms with van der Waals surface area (Å²) in [5.41, 5.74) is -1.84. The van der Waals surface area contributed by atoms with Gasteiger partial charge in [0.15, 0.2) is 16.2 Å². The minimum atomic E-state index is -2.54. The zero-order chi connectivity index (χ0) is 63.6. The third-order valence-corrected chi connectivity index (χ3v) is 15.9. The van der Waals surface area contributed by atoms with Gasteiger partial charge in [-0.15, -0.1) is 55.0 Å². The van der Waals surface area contributed by atoms with Crippen molar-refractivity contribution in [2.75, 3.05) is 26.2 Å². The van der Waals surface area contributed by atoms with Crippen molar-refractivity contribution in [2.45, 2.75) is 228 Å². The molecule has 0 aromatic heterocycles. The number of rotatable bonds is 43. The molecule has 500 valence electrons. The second-order valence-corrected chi connectivity index (χ2v) is 23.9. The molecule has 0 bridgehead atoms. The van der Waals surface area contributed by atoms with Crippen LogP contribution in [0, 0.1) is 51.8 Å². The van der Waals surface area contributed by atoms with E-state index in [1.807, 2.05) is 6.07 Å². The van der Waals surface area contributed by atoms with Crippen molar-refractivity contribution < 1.29 is 53.2 Å². The second kappa shape index (κ2) is 49.1. The van der Waals surface area contributed by atoms with E-state index < -0.39 is 71.3 Å². The molecule has 0 radical (unpaired) electrons. The lowest BCUT2D eigenvalue weighted by Crippen LogP contribution is -2.47. The average Bonchev–Trinajstić information content (AvgIpc) is 1.89. The van der Waals surface area contributed by atoms with Gasteiger partial charge in [0.05, 0.1) is 31.3 Å². The molecule has 0 spiro atoms. The minimum Gasteiger partial charge on any atom is -0.492 e. The first-order valence-electron chi connectivity index (χ1n) is 32.0. The highest BCUT2D eigenvalue weighted by Crippen LogP contribution is 2.32. The van der Waals surface area contributed by atoms with E-state index >= 15 is 0 Å². The van der Waals surface area contributed by atoms with Crippen molar-refractivity contribution in [2.24, 2.45) is 16.2 Å². The molecule has 14 nitrogen and oxygen atoms in total. The van der Waals surface area contributed by atoms with E-state index in [0.717, 1.165) is 76.0 Å². The summed E-state index contributed by atoms with van der Waals surface area (Å²) in [6.07, 6.45) is 25.9. The van der Waals surface area contributed by atoms with Crippen molar-refractivity contribution in [3.05, 3.63) is 99.6 Å². The first-order chi connectivity index (χ1) is 41.9. The van der Waals surface area contributed by atoms with Crippen LogP contribution >= 0.6 is 48.8 Å². The van der Waals surface area contributed by atoms with Crippen LogP contribution in [0.1, 0.15) is 223 Å². The summed E-state index contributed by atoms with van der Waals surface area (Å²) in [7, 11) is 0. The van der Waals surface area contributed by atoms with Crippen LogP contribution in [0.5, 0.6) is 5.75 Å². The van der Waals surface area contributed by atoms with E-state index in [2.05, 4.69) is 121 Å². The van der Waals surface area contributed by atoms with Crippen molar-refractivity contribution in [3.8, 4) is 41.3 Å². The molecule has 0 aliphatic rings. The Hall–Kier alpha value is -5.60. The Morgan fingerprint density at radius 1 is 0.411 bits per heavy atom. The highest BCUT2D eigenvalue weighted by atomic mass is 35.5. The summed E-state index contributed by atoms with van der Waals surface area (Å²) in [5, 5.41) is 30.5. The topological polar surface area (TPSA) is 207 Å². The largest absolute Gasteiger partial charge is 0.492 e. The van der Waals surface area contributed by atoms with Gasteiger partial charge in [-0.05, 0) is 92.8 Å². The maximum Gasteiger partial charge on any atom is 0.331 e. The Labute approximate surface area is 562 Å². The molecule has 0 aliphatic carbocycles. The van der Waals surface area contributed by atoms with Crippen LogP contribution in [-0.4, -0.2) is 72.3 Å². The Balaban J connectivity index is 0.0000264. The Morgan fingerprint density at radius 2 is 0.711 bits per heavy atom. The van der Waals surface area contributed by atoms with E-state index in [0.29, 0.717) is 37.0 Å². The monoisotopic (exact) mass is 1330 g/mol. The quantitative estimate of drug-likeness (QED) is 0.0155. The highest BCUT2D eigenvalue weighted by molar-refractivity contribution is 6.32. The number of ether oxygens (including phenoxy) is 3. The third-order valence-electron chi connectivity index (χ3n) is 15.6. The molecule has 2 unspecified atom stereocenters. The normalized spacial score (nSPS) is 12.5. The lowest BCUT2D eigenvalue weighted by Gasteiger charge is -2.27. The van der Waals surface area contributed by atoms with Gasteiger partial charge in [-0.25, -0.2) is 0 Å². The molecule has 5 N–H and O–H groups in total. The summed E-state index contributed by atoms with van der Waals surface area (Å²) in [5.74, 6) is 7.67. The molecular formula is C72H103Cl4N3O11. The van der Waals surface area contributed by atoms with Gasteiger partial charge in [0.2, 0.25) is 0 Å². The van der Waals surface area contributed by atoms with E-state index in [9.17, 15) is 39.0 Å². The summed E-state index contributed by atoms with van der Waals surface area (Å²) in [6.45, 7) is 12.0. The number of carbonyl (C=O) groups is 6. The molecule has 2 atom stereocenters. The highest BCUT2D eigenvalue weighted by Gasteiger charge is 2.52. The number of carbonyl (C=O) groups excluding carboxylic acids is 4. The molecule has 3 aromatic rings. The molecule has 90 heavy (non-hydrogen) atoms. The summed E-state index contributed by atoms with van der Waals surface area (Å²) >= 11 is 6.54. The Kier molecular flexibility index (Phi) is 46.0. The smallest absolute Gasteiger partial charge is 0.331 e. The zero-order valence-electron chi connectivity index (χ0n) is 54.4. The van der Waals surface area contributed by atoms with E-state index in [1.54, 1.807) is 12.1 Å². The Bertz CT molecular complexity index is 2640.